The summed E-state index contributed by atoms with van der Waals surface area (Å²) in [5.74, 6) is 1.41. The Bertz CT molecular complexity index is 1410. The summed E-state index contributed by atoms with van der Waals surface area (Å²) in [5, 5.41) is 16.1. The molecule has 0 aliphatic carbocycles. The average molecular weight is 614 g/mol. The van der Waals surface area contributed by atoms with Crippen LogP contribution in [0.15, 0.2) is 48.7 Å². The lowest BCUT2D eigenvalue weighted by Crippen LogP contribution is -2.48. The Balaban J connectivity index is 1.27. The first-order valence-electron chi connectivity index (χ1n) is 13.8. The van der Waals surface area contributed by atoms with Crippen LogP contribution in [0.2, 0.25) is 5.02 Å². The first-order chi connectivity index (χ1) is 20.2. The van der Waals surface area contributed by atoms with Crippen LogP contribution in [0.25, 0.3) is 0 Å². The van der Waals surface area contributed by atoms with Crippen molar-refractivity contribution in [3.05, 3.63) is 53.7 Å². The number of ether oxygens (including phenoxy) is 1. The zero-order chi connectivity index (χ0) is 29.9. The lowest BCUT2D eigenvalue weighted by atomic mass is 9.71. The third kappa shape index (κ3) is 6.55. The predicted molar refractivity (Wildman–Crippen MR) is 168 cm³/mol. The van der Waals surface area contributed by atoms with Crippen LogP contribution in [-0.4, -0.2) is 77.2 Å². The molecule has 5 rings (SSSR count). The van der Waals surface area contributed by atoms with E-state index in [0.29, 0.717) is 47.0 Å². The number of rotatable bonds is 8. The standard InChI is InChI=1S/C29H36ClN7O4S/c1-35(42(3)40)24-7-5-4-6-22(24)32-26-21(30)19-31-27(34-26)33-23-9-8-20(18-25(23)41-2)36-14-10-29(11-15-36)12-16-37(17-13-29)28(38)39/h4-9,18-19H,10-17H2,1-3H3,(H,38,39)(H2,31,32,33,34). The SMILES string of the molecule is COc1cc(N2CCC3(CCN(C(=O)O)CC3)CC2)ccc1Nc1ncc(Cl)c(Nc2ccccc2N(C)[S+](C)[O-])n1. The smallest absolute Gasteiger partial charge is 0.407 e. The Hall–Kier alpha value is -3.61. The van der Waals surface area contributed by atoms with Gasteiger partial charge in [0.2, 0.25) is 5.95 Å². The molecular formula is C29H36ClN7O4S. The molecule has 0 radical (unpaired) electrons. The number of likely N-dealkylation sites (tertiary alicyclic amines) is 1. The number of nitrogens with one attached hydrogen (secondary N) is 2. The summed E-state index contributed by atoms with van der Waals surface area (Å²) < 4.78 is 19.5. The maximum Gasteiger partial charge on any atom is 0.407 e. The largest absolute Gasteiger partial charge is 0.593 e. The van der Waals surface area contributed by atoms with Crippen LogP contribution in [0.5, 0.6) is 5.75 Å². The van der Waals surface area contributed by atoms with Crippen LogP contribution in [0.1, 0.15) is 25.7 Å². The fraction of sp³-hybridized carbons (Fsp3) is 0.414. The summed E-state index contributed by atoms with van der Waals surface area (Å²) >= 11 is 5.23. The molecule has 2 fully saturated rings. The van der Waals surface area contributed by atoms with E-state index in [2.05, 4.69) is 31.6 Å². The molecular weight excluding hydrogens is 578 g/mol. The summed E-state index contributed by atoms with van der Waals surface area (Å²) in [6.45, 7) is 3.08. The molecule has 0 bridgehead atoms. The van der Waals surface area contributed by atoms with Gasteiger partial charge in [0, 0.05) is 37.9 Å². The van der Waals surface area contributed by atoms with Gasteiger partial charge in [0.1, 0.15) is 22.7 Å². The van der Waals surface area contributed by atoms with Crippen LogP contribution < -0.4 is 24.6 Å². The molecule has 3 aromatic rings. The zero-order valence-corrected chi connectivity index (χ0v) is 25.5. The van der Waals surface area contributed by atoms with Crippen molar-refractivity contribution in [1.82, 2.24) is 14.9 Å². The minimum atomic E-state index is -1.20. The number of anilines is 6. The number of carboxylic acid groups (broad SMARTS) is 1. The first kappa shape index (κ1) is 29.9. The summed E-state index contributed by atoms with van der Waals surface area (Å²) in [6, 6.07) is 13.5. The second-order valence-corrected chi connectivity index (χ2v) is 12.5. The molecule has 1 unspecified atom stereocenters. The maximum atomic E-state index is 12.1. The number of carbonyl (C=O) groups is 1. The third-order valence-electron chi connectivity index (χ3n) is 8.34. The molecule has 13 heteroatoms. The summed E-state index contributed by atoms with van der Waals surface area (Å²) in [4.78, 5) is 24.1. The molecule has 224 valence electrons. The molecule has 42 heavy (non-hydrogen) atoms. The summed E-state index contributed by atoms with van der Waals surface area (Å²) in [7, 11) is 3.39. The van der Waals surface area contributed by atoms with Crippen molar-refractivity contribution in [3.8, 4) is 5.75 Å². The van der Waals surface area contributed by atoms with Gasteiger partial charge in [-0.25, -0.2) is 9.78 Å². The highest BCUT2D eigenvalue weighted by Gasteiger charge is 2.38. The molecule has 11 nitrogen and oxygen atoms in total. The summed E-state index contributed by atoms with van der Waals surface area (Å²) in [6.07, 6.45) is 6.27. The average Bonchev–Trinajstić information content (AvgIpc) is 2.99. The second-order valence-electron chi connectivity index (χ2n) is 10.7. The quantitative estimate of drug-likeness (QED) is 0.271. The van der Waals surface area contributed by atoms with Crippen LogP contribution >= 0.6 is 11.6 Å². The highest BCUT2D eigenvalue weighted by atomic mass is 35.5. The van der Waals surface area contributed by atoms with E-state index in [1.165, 1.54) is 11.1 Å². The fourth-order valence-corrected chi connectivity index (χ4v) is 6.22. The number of amides is 1. The van der Waals surface area contributed by atoms with E-state index in [4.69, 9.17) is 16.3 Å². The van der Waals surface area contributed by atoms with Gasteiger partial charge in [-0.05, 0) is 55.4 Å². The van der Waals surface area contributed by atoms with Gasteiger partial charge in [0.15, 0.2) is 5.82 Å². The topological polar surface area (TPSA) is 129 Å². The van der Waals surface area contributed by atoms with Gasteiger partial charge in [-0.3, -0.25) is 0 Å². The predicted octanol–water partition coefficient (Wildman–Crippen LogP) is 5.72. The van der Waals surface area contributed by atoms with Gasteiger partial charge in [-0.1, -0.05) is 23.7 Å². The molecule has 1 spiro atoms. The van der Waals surface area contributed by atoms with E-state index in [1.54, 1.807) is 24.7 Å². The number of benzene rings is 2. The molecule has 2 aliphatic rings. The number of halogens is 1. The van der Waals surface area contributed by atoms with E-state index in [-0.39, 0.29) is 5.41 Å². The monoisotopic (exact) mass is 613 g/mol. The van der Waals surface area contributed by atoms with Crippen molar-refractivity contribution in [2.24, 2.45) is 5.41 Å². The van der Waals surface area contributed by atoms with Crippen molar-refractivity contribution in [2.75, 3.05) is 66.4 Å². The first-order valence-corrected chi connectivity index (χ1v) is 15.7. The fourth-order valence-electron chi connectivity index (χ4n) is 5.65. The van der Waals surface area contributed by atoms with Crippen LogP contribution in [0.3, 0.4) is 0 Å². The number of hydrogen-bond donors (Lipinski definition) is 3. The van der Waals surface area contributed by atoms with E-state index >= 15 is 0 Å². The van der Waals surface area contributed by atoms with Crippen molar-refractivity contribution in [3.63, 3.8) is 0 Å². The summed E-state index contributed by atoms with van der Waals surface area (Å²) in [5.41, 5.74) is 3.47. The third-order valence-corrected chi connectivity index (χ3v) is 9.59. The number of methoxy groups -OCH3 is 1. The van der Waals surface area contributed by atoms with Gasteiger partial charge in [-0.2, -0.15) is 9.29 Å². The molecule has 3 N–H and O–H groups in total. The Kier molecular flexibility index (Phi) is 9.05. The van der Waals surface area contributed by atoms with Gasteiger partial charge in [-0.15, -0.1) is 0 Å². The van der Waals surface area contributed by atoms with Crippen LogP contribution in [0, 0.1) is 5.41 Å². The molecule has 0 saturated carbocycles. The Morgan fingerprint density at radius 1 is 1.10 bits per heavy atom. The highest BCUT2D eigenvalue weighted by molar-refractivity contribution is 7.92. The zero-order valence-electron chi connectivity index (χ0n) is 24.0. The van der Waals surface area contributed by atoms with Crippen LogP contribution in [0.4, 0.5) is 39.3 Å². The maximum absolute atomic E-state index is 12.1. The van der Waals surface area contributed by atoms with Crippen molar-refractivity contribution < 1.29 is 19.2 Å². The van der Waals surface area contributed by atoms with Crippen molar-refractivity contribution in [2.45, 2.75) is 25.7 Å². The van der Waals surface area contributed by atoms with Gasteiger partial charge in [0.25, 0.3) is 0 Å². The van der Waals surface area contributed by atoms with Gasteiger partial charge < -0.3 is 34.8 Å². The van der Waals surface area contributed by atoms with E-state index in [0.717, 1.165) is 50.1 Å². The number of aromatic nitrogens is 2. The van der Waals surface area contributed by atoms with Crippen molar-refractivity contribution >= 4 is 63.6 Å². The van der Waals surface area contributed by atoms with E-state index in [1.807, 2.05) is 36.4 Å². The molecule has 3 heterocycles. The normalized spacial score (nSPS) is 17.1. The highest BCUT2D eigenvalue weighted by Crippen LogP contribution is 2.43. The van der Waals surface area contributed by atoms with E-state index in [9.17, 15) is 14.5 Å². The minimum Gasteiger partial charge on any atom is -0.593 e. The molecule has 1 amide bonds. The van der Waals surface area contributed by atoms with Crippen LogP contribution in [-0.2, 0) is 11.4 Å². The number of para-hydroxylation sites is 2. The lowest BCUT2D eigenvalue weighted by molar-refractivity contribution is 0.0736. The van der Waals surface area contributed by atoms with E-state index < -0.39 is 17.5 Å². The molecule has 2 aromatic carbocycles. The van der Waals surface area contributed by atoms with Gasteiger partial charge >= 0.3 is 6.09 Å². The molecule has 1 atom stereocenters. The minimum absolute atomic E-state index is 0.231. The molecule has 2 aliphatic heterocycles. The second kappa shape index (κ2) is 12.7. The number of piperidine rings is 2. The number of nitrogens with zero attached hydrogens (tertiary/aromatic N) is 5. The number of hydrogen-bond acceptors (Lipinski definition) is 9. The lowest BCUT2D eigenvalue weighted by Gasteiger charge is -2.47. The molecule has 1 aromatic heterocycles. The molecule has 2 saturated heterocycles. The Labute approximate surface area is 254 Å². The Morgan fingerprint density at radius 3 is 2.45 bits per heavy atom. The van der Waals surface area contributed by atoms with Crippen molar-refractivity contribution in [1.29, 1.82) is 0 Å². The van der Waals surface area contributed by atoms with Gasteiger partial charge in [0.05, 0.1) is 43.1 Å². The Morgan fingerprint density at radius 2 is 1.79 bits per heavy atom.